The fourth-order valence-corrected chi connectivity index (χ4v) is 2.34. The van der Waals surface area contributed by atoms with Crippen LogP contribution in [0, 0.1) is 6.92 Å². The predicted molar refractivity (Wildman–Crippen MR) is 80.9 cm³/mol. The smallest absolute Gasteiger partial charge is 0.131 e. The van der Waals surface area contributed by atoms with E-state index in [0.717, 1.165) is 29.1 Å². The van der Waals surface area contributed by atoms with Crippen LogP contribution in [-0.4, -0.2) is 9.78 Å². The molecule has 108 valence electrons. The second kappa shape index (κ2) is 6.29. The number of rotatable bonds is 5. The highest BCUT2D eigenvalue weighted by atomic mass is 35.5. The maximum Gasteiger partial charge on any atom is 0.131 e. The van der Waals surface area contributed by atoms with Crippen LogP contribution in [0.3, 0.4) is 0 Å². The van der Waals surface area contributed by atoms with Crippen molar-refractivity contribution in [1.29, 1.82) is 0 Å². The molecule has 0 aliphatic rings. The van der Waals surface area contributed by atoms with Gasteiger partial charge in [-0.15, -0.1) is 0 Å². The van der Waals surface area contributed by atoms with Crippen LogP contribution in [0.25, 0.3) is 0 Å². The number of nitrogens with zero attached hydrogens (tertiary/aromatic N) is 2. The molecule has 0 saturated heterocycles. The summed E-state index contributed by atoms with van der Waals surface area (Å²) >= 11 is 6.22. The molecule has 5 heteroatoms. The number of nitrogens with two attached hydrogens (primary N) is 1. The monoisotopic (exact) mass is 293 g/mol. The summed E-state index contributed by atoms with van der Waals surface area (Å²) in [5.74, 6) is 0.803. The molecule has 1 heterocycles. The third kappa shape index (κ3) is 2.97. The Hall–Kier alpha value is -1.52. The summed E-state index contributed by atoms with van der Waals surface area (Å²) in [7, 11) is 1.86. The fourth-order valence-electron chi connectivity index (χ4n) is 2.12. The third-order valence-corrected chi connectivity index (χ3v) is 3.88. The van der Waals surface area contributed by atoms with Crippen LogP contribution < -0.4 is 10.5 Å². The molecule has 0 fully saturated rings. The molecule has 0 spiro atoms. The van der Waals surface area contributed by atoms with Crippen molar-refractivity contribution in [3.63, 3.8) is 0 Å². The maximum atomic E-state index is 6.22. The van der Waals surface area contributed by atoms with E-state index in [1.165, 1.54) is 0 Å². The van der Waals surface area contributed by atoms with Crippen molar-refractivity contribution < 1.29 is 4.74 Å². The van der Waals surface area contributed by atoms with Crippen molar-refractivity contribution in [1.82, 2.24) is 9.78 Å². The number of halogens is 1. The van der Waals surface area contributed by atoms with Crippen molar-refractivity contribution in [2.75, 3.05) is 0 Å². The Morgan fingerprint density at radius 1 is 1.40 bits per heavy atom. The van der Waals surface area contributed by atoms with Gasteiger partial charge in [0, 0.05) is 18.7 Å². The van der Waals surface area contributed by atoms with Crippen LogP contribution in [0.15, 0.2) is 24.3 Å². The van der Waals surface area contributed by atoms with E-state index in [1.54, 1.807) is 4.68 Å². The topological polar surface area (TPSA) is 53.1 Å². The molecule has 1 aromatic heterocycles. The zero-order valence-corrected chi connectivity index (χ0v) is 12.8. The summed E-state index contributed by atoms with van der Waals surface area (Å²) in [6.07, 6.45) is 0.867. The molecular weight excluding hydrogens is 274 g/mol. The van der Waals surface area contributed by atoms with E-state index < -0.39 is 0 Å². The Kier molecular flexibility index (Phi) is 4.68. The zero-order chi connectivity index (χ0) is 14.7. The Morgan fingerprint density at radius 2 is 2.10 bits per heavy atom. The van der Waals surface area contributed by atoms with Gasteiger partial charge in [-0.05, 0) is 19.4 Å². The highest BCUT2D eigenvalue weighted by Gasteiger charge is 2.14. The minimum absolute atomic E-state index is 0.0186. The van der Waals surface area contributed by atoms with Gasteiger partial charge >= 0.3 is 0 Å². The minimum Gasteiger partial charge on any atom is -0.487 e. The molecule has 4 nitrogen and oxygen atoms in total. The summed E-state index contributed by atoms with van der Waals surface area (Å²) < 4.78 is 7.65. The van der Waals surface area contributed by atoms with E-state index >= 15 is 0 Å². The summed E-state index contributed by atoms with van der Waals surface area (Å²) in [4.78, 5) is 0. The van der Waals surface area contributed by atoms with Gasteiger partial charge in [-0.1, -0.05) is 36.7 Å². The van der Waals surface area contributed by atoms with Crippen LogP contribution in [0.1, 0.15) is 36.3 Å². The number of hydrogen-bond donors (Lipinski definition) is 1. The number of para-hydroxylation sites is 1. The minimum atomic E-state index is -0.0186. The van der Waals surface area contributed by atoms with E-state index in [4.69, 9.17) is 22.1 Å². The van der Waals surface area contributed by atoms with Gasteiger partial charge in [-0.25, -0.2) is 0 Å². The predicted octanol–water partition coefficient (Wildman–Crippen LogP) is 3.37. The standard InChI is InChI=1S/C15H20ClN3O/c1-4-12(17)11-7-5-6-8-14(11)20-9-13-15(16)10(2)18-19(13)3/h5-8,12H,4,9,17H2,1-3H3/t12-/m0/s1. The van der Waals surface area contributed by atoms with Gasteiger partial charge < -0.3 is 10.5 Å². The molecule has 0 unspecified atom stereocenters. The molecule has 0 aliphatic heterocycles. The third-order valence-electron chi connectivity index (χ3n) is 3.38. The van der Waals surface area contributed by atoms with Gasteiger partial charge in [0.15, 0.2) is 0 Å². The van der Waals surface area contributed by atoms with E-state index in [9.17, 15) is 0 Å². The van der Waals surface area contributed by atoms with Gasteiger partial charge in [0.25, 0.3) is 0 Å². The van der Waals surface area contributed by atoms with E-state index in [1.807, 2.05) is 38.2 Å². The van der Waals surface area contributed by atoms with E-state index in [0.29, 0.717) is 11.6 Å². The molecule has 1 atom stereocenters. The van der Waals surface area contributed by atoms with Crippen molar-refractivity contribution in [2.24, 2.45) is 12.8 Å². The second-order valence-corrected chi connectivity index (χ2v) is 5.19. The van der Waals surface area contributed by atoms with Gasteiger partial charge in [0.1, 0.15) is 12.4 Å². The van der Waals surface area contributed by atoms with Crippen molar-refractivity contribution in [3.05, 3.63) is 46.2 Å². The number of ether oxygens (including phenoxy) is 1. The second-order valence-electron chi connectivity index (χ2n) is 4.81. The van der Waals surface area contributed by atoms with Crippen molar-refractivity contribution in [2.45, 2.75) is 32.9 Å². The Bertz CT molecular complexity index is 595. The molecule has 2 aromatic rings. The number of aryl methyl sites for hydroxylation is 2. The van der Waals surface area contributed by atoms with Crippen LogP contribution >= 0.6 is 11.6 Å². The zero-order valence-electron chi connectivity index (χ0n) is 12.1. The highest BCUT2D eigenvalue weighted by molar-refractivity contribution is 6.31. The van der Waals surface area contributed by atoms with Gasteiger partial charge in [0.2, 0.25) is 0 Å². The fraction of sp³-hybridized carbons (Fsp3) is 0.400. The average molecular weight is 294 g/mol. The lowest BCUT2D eigenvalue weighted by molar-refractivity contribution is 0.290. The normalized spacial score (nSPS) is 12.4. The number of hydrogen-bond acceptors (Lipinski definition) is 3. The lowest BCUT2D eigenvalue weighted by Crippen LogP contribution is -2.11. The average Bonchev–Trinajstić information content (AvgIpc) is 2.70. The first kappa shape index (κ1) is 14.9. The summed E-state index contributed by atoms with van der Waals surface area (Å²) in [6, 6.07) is 7.83. The van der Waals surface area contributed by atoms with Crippen LogP contribution in [0.5, 0.6) is 5.75 Å². The first-order valence-electron chi connectivity index (χ1n) is 6.69. The lowest BCUT2D eigenvalue weighted by atomic mass is 10.0. The van der Waals surface area contributed by atoms with E-state index in [2.05, 4.69) is 12.0 Å². The van der Waals surface area contributed by atoms with Crippen LogP contribution in [0.2, 0.25) is 5.02 Å². The quantitative estimate of drug-likeness (QED) is 0.919. The van der Waals surface area contributed by atoms with Crippen LogP contribution in [0.4, 0.5) is 0 Å². The molecular formula is C15H20ClN3O. The highest BCUT2D eigenvalue weighted by Crippen LogP contribution is 2.27. The number of benzene rings is 1. The van der Waals surface area contributed by atoms with Gasteiger partial charge in [-0.2, -0.15) is 5.10 Å². The van der Waals surface area contributed by atoms with Crippen molar-refractivity contribution in [3.8, 4) is 5.75 Å². The van der Waals surface area contributed by atoms with Crippen molar-refractivity contribution >= 4 is 11.6 Å². The van der Waals surface area contributed by atoms with Crippen LogP contribution in [-0.2, 0) is 13.7 Å². The molecule has 2 N–H and O–H groups in total. The molecule has 1 aromatic carbocycles. The maximum absolute atomic E-state index is 6.22. The Labute approximate surface area is 124 Å². The SMILES string of the molecule is CC[C@H](N)c1ccccc1OCc1c(Cl)c(C)nn1C. The summed E-state index contributed by atoms with van der Waals surface area (Å²) in [5.41, 5.74) is 8.80. The molecule has 2 rings (SSSR count). The molecule has 0 aliphatic carbocycles. The molecule has 20 heavy (non-hydrogen) atoms. The molecule has 0 radical (unpaired) electrons. The molecule has 0 bridgehead atoms. The molecule has 0 saturated carbocycles. The first-order valence-corrected chi connectivity index (χ1v) is 7.07. The van der Waals surface area contributed by atoms with Gasteiger partial charge in [-0.3, -0.25) is 4.68 Å². The molecule has 0 amide bonds. The lowest BCUT2D eigenvalue weighted by Gasteiger charge is -2.15. The Balaban J connectivity index is 2.19. The van der Waals surface area contributed by atoms with E-state index in [-0.39, 0.29) is 6.04 Å². The van der Waals surface area contributed by atoms with Gasteiger partial charge in [0.05, 0.1) is 16.4 Å². The summed E-state index contributed by atoms with van der Waals surface area (Å²) in [5, 5.41) is 4.93. The largest absolute Gasteiger partial charge is 0.487 e. The number of aromatic nitrogens is 2. The summed E-state index contributed by atoms with van der Waals surface area (Å²) in [6.45, 7) is 4.32. The first-order chi connectivity index (χ1) is 9.54. The Morgan fingerprint density at radius 3 is 2.70 bits per heavy atom.